The number of aromatic nitrogens is 1. The van der Waals surface area contributed by atoms with Gasteiger partial charge in [0.15, 0.2) is 0 Å². The van der Waals surface area contributed by atoms with E-state index in [1.165, 1.54) is 7.11 Å². The second kappa shape index (κ2) is 6.69. The summed E-state index contributed by atoms with van der Waals surface area (Å²) in [6.07, 6.45) is 0.0641. The minimum Gasteiger partial charge on any atom is -0.469 e. The number of hydrogen-bond acceptors (Lipinski definition) is 4. The lowest BCUT2D eigenvalue weighted by atomic mass is 10.1. The number of carbonyl (C=O) groups excluding carboxylic acids is 2. The Balaban J connectivity index is 2.00. The molecule has 0 saturated carbocycles. The Hall–Kier alpha value is -2.63. The van der Waals surface area contributed by atoms with E-state index in [-0.39, 0.29) is 30.9 Å². The van der Waals surface area contributed by atoms with Crippen molar-refractivity contribution in [2.45, 2.75) is 19.4 Å². The molecular weight excluding hydrogens is 272 g/mol. The van der Waals surface area contributed by atoms with Gasteiger partial charge in [-0.1, -0.05) is 18.2 Å². The summed E-state index contributed by atoms with van der Waals surface area (Å²) in [7, 11) is 1.27. The van der Waals surface area contributed by atoms with Crippen LogP contribution in [-0.2, 0) is 20.9 Å². The normalized spacial score (nSPS) is 10.3. The van der Waals surface area contributed by atoms with Crippen LogP contribution in [0.5, 0.6) is 0 Å². The Morgan fingerprint density at radius 1 is 1.24 bits per heavy atom. The number of aromatic amines is 1. The van der Waals surface area contributed by atoms with Crippen LogP contribution in [0.25, 0.3) is 10.9 Å². The summed E-state index contributed by atoms with van der Waals surface area (Å²) in [6.45, 7) is 0.125. The molecule has 110 valence electrons. The van der Waals surface area contributed by atoms with Crippen LogP contribution in [0.15, 0.2) is 35.1 Å². The average Bonchev–Trinajstić information content (AvgIpc) is 2.50. The first-order valence-corrected chi connectivity index (χ1v) is 6.54. The Morgan fingerprint density at radius 3 is 2.76 bits per heavy atom. The number of amides is 1. The van der Waals surface area contributed by atoms with Gasteiger partial charge in [0.1, 0.15) is 0 Å². The number of hydrogen-bond donors (Lipinski definition) is 2. The van der Waals surface area contributed by atoms with E-state index in [1.807, 2.05) is 24.3 Å². The first kappa shape index (κ1) is 14.8. The van der Waals surface area contributed by atoms with Gasteiger partial charge in [-0.3, -0.25) is 14.4 Å². The fourth-order valence-electron chi connectivity index (χ4n) is 1.92. The molecule has 0 radical (unpaired) electrons. The number of carbonyl (C=O) groups is 2. The fraction of sp³-hybridized carbons (Fsp3) is 0.267. The number of para-hydroxylation sites is 1. The third-order valence-corrected chi connectivity index (χ3v) is 3.09. The molecule has 0 saturated heterocycles. The third kappa shape index (κ3) is 3.92. The molecule has 0 aliphatic rings. The summed E-state index contributed by atoms with van der Waals surface area (Å²) < 4.78 is 4.46. The molecule has 2 N–H and O–H groups in total. The van der Waals surface area contributed by atoms with Crippen molar-refractivity contribution in [1.29, 1.82) is 0 Å². The van der Waals surface area contributed by atoms with Gasteiger partial charge in [-0.15, -0.1) is 0 Å². The van der Waals surface area contributed by atoms with Gasteiger partial charge < -0.3 is 15.0 Å². The van der Waals surface area contributed by atoms with E-state index in [9.17, 15) is 14.4 Å². The maximum Gasteiger partial charge on any atom is 0.306 e. The van der Waals surface area contributed by atoms with Crippen LogP contribution in [0.1, 0.15) is 18.4 Å². The number of ether oxygens (including phenoxy) is 1. The molecule has 0 aliphatic heterocycles. The van der Waals surface area contributed by atoms with Crippen molar-refractivity contribution in [3.63, 3.8) is 0 Å². The number of nitrogens with one attached hydrogen (secondary N) is 2. The number of fused-ring (bicyclic) bond motifs is 1. The quantitative estimate of drug-likeness (QED) is 0.806. The summed E-state index contributed by atoms with van der Waals surface area (Å²) in [4.78, 5) is 37.2. The Bertz CT molecular complexity index is 721. The lowest BCUT2D eigenvalue weighted by Crippen LogP contribution is -2.27. The fourth-order valence-corrected chi connectivity index (χ4v) is 1.92. The van der Waals surface area contributed by atoms with Gasteiger partial charge in [0.25, 0.3) is 5.56 Å². The number of methoxy groups -OCH3 is 1. The summed E-state index contributed by atoms with van der Waals surface area (Å²) in [5.74, 6) is -0.735. The minimum atomic E-state index is -0.436. The predicted molar refractivity (Wildman–Crippen MR) is 77.7 cm³/mol. The van der Waals surface area contributed by atoms with Crippen LogP contribution < -0.4 is 10.9 Å². The second-order valence-corrected chi connectivity index (χ2v) is 4.56. The first-order valence-electron chi connectivity index (χ1n) is 6.54. The molecule has 21 heavy (non-hydrogen) atoms. The zero-order chi connectivity index (χ0) is 15.2. The van der Waals surface area contributed by atoms with E-state index < -0.39 is 5.97 Å². The van der Waals surface area contributed by atoms with E-state index in [2.05, 4.69) is 15.0 Å². The molecule has 0 spiro atoms. The van der Waals surface area contributed by atoms with E-state index in [0.717, 1.165) is 10.9 Å². The Kier molecular flexibility index (Phi) is 4.71. The van der Waals surface area contributed by atoms with E-state index in [4.69, 9.17) is 0 Å². The molecule has 1 aromatic carbocycles. The van der Waals surface area contributed by atoms with Gasteiger partial charge in [0.2, 0.25) is 5.91 Å². The highest BCUT2D eigenvalue weighted by atomic mass is 16.5. The maximum absolute atomic E-state index is 11.9. The Labute approximate surface area is 121 Å². The molecule has 6 heteroatoms. The molecule has 1 amide bonds. The lowest BCUT2D eigenvalue weighted by molar-refractivity contribution is -0.142. The van der Waals surface area contributed by atoms with Gasteiger partial charge in [0, 0.05) is 24.0 Å². The molecule has 0 fully saturated rings. The van der Waals surface area contributed by atoms with Crippen molar-refractivity contribution in [3.8, 4) is 0 Å². The number of benzene rings is 1. The molecular formula is C15H16N2O4. The summed E-state index contributed by atoms with van der Waals surface area (Å²) in [5.41, 5.74) is 0.991. The van der Waals surface area contributed by atoms with Crippen LogP contribution in [0, 0.1) is 0 Å². The summed E-state index contributed by atoms with van der Waals surface area (Å²) in [6, 6.07) is 9.16. The molecule has 0 unspecified atom stereocenters. The van der Waals surface area contributed by atoms with E-state index in [0.29, 0.717) is 5.56 Å². The molecule has 0 atom stereocenters. The van der Waals surface area contributed by atoms with E-state index in [1.54, 1.807) is 6.07 Å². The van der Waals surface area contributed by atoms with Crippen LogP contribution in [0.2, 0.25) is 0 Å². The Morgan fingerprint density at radius 2 is 2.00 bits per heavy atom. The van der Waals surface area contributed by atoms with Crippen molar-refractivity contribution in [3.05, 3.63) is 46.2 Å². The topological polar surface area (TPSA) is 88.3 Å². The van der Waals surface area contributed by atoms with Crippen molar-refractivity contribution in [2.75, 3.05) is 7.11 Å². The zero-order valence-electron chi connectivity index (χ0n) is 11.6. The van der Waals surface area contributed by atoms with Crippen molar-refractivity contribution < 1.29 is 14.3 Å². The summed E-state index contributed by atoms with van der Waals surface area (Å²) in [5, 5.41) is 3.52. The van der Waals surface area contributed by atoms with Gasteiger partial charge >= 0.3 is 5.97 Å². The molecule has 0 aliphatic carbocycles. The van der Waals surface area contributed by atoms with E-state index >= 15 is 0 Å². The largest absolute Gasteiger partial charge is 0.469 e. The molecule has 1 heterocycles. The number of H-pyrrole nitrogens is 1. The van der Waals surface area contributed by atoms with Gasteiger partial charge in [-0.25, -0.2) is 0 Å². The van der Waals surface area contributed by atoms with Crippen LogP contribution in [-0.4, -0.2) is 24.0 Å². The van der Waals surface area contributed by atoms with Crippen molar-refractivity contribution >= 4 is 22.8 Å². The minimum absolute atomic E-state index is 0.0242. The smallest absolute Gasteiger partial charge is 0.306 e. The highest BCUT2D eigenvalue weighted by Crippen LogP contribution is 2.09. The van der Waals surface area contributed by atoms with Crippen molar-refractivity contribution in [2.24, 2.45) is 0 Å². The molecule has 2 aromatic rings. The van der Waals surface area contributed by atoms with Crippen LogP contribution >= 0.6 is 0 Å². The monoisotopic (exact) mass is 288 g/mol. The van der Waals surface area contributed by atoms with Crippen molar-refractivity contribution in [1.82, 2.24) is 10.3 Å². The van der Waals surface area contributed by atoms with Gasteiger partial charge in [-0.05, 0) is 17.5 Å². The highest BCUT2D eigenvalue weighted by Gasteiger charge is 2.08. The molecule has 2 rings (SSSR count). The molecule has 1 aromatic heterocycles. The molecule has 6 nitrogen and oxygen atoms in total. The SMILES string of the molecule is COC(=O)CCC(=O)NCc1cc2ccccc2[nH]c1=O. The number of pyridine rings is 1. The average molecular weight is 288 g/mol. The van der Waals surface area contributed by atoms with Gasteiger partial charge in [-0.2, -0.15) is 0 Å². The third-order valence-electron chi connectivity index (χ3n) is 3.09. The predicted octanol–water partition coefficient (Wildman–Crippen LogP) is 1.10. The van der Waals surface area contributed by atoms with Gasteiger partial charge in [0.05, 0.1) is 13.5 Å². The zero-order valence-corrected chi connectivity index (χ0v) is 11.6. The van der Waals surface area contributed by atoms with Crippen LogP contribution in [0.3, 0.4) is 0 Å². The number of esters is 1. The standard InChI is InChI=1S/C15H16N2O4/c1-21-14(19)7-6-13(18)16-9-11-8-10-4-2-3-5-12(10)17-15(11)20/h2-5,8H,6-7,9H2,1H3,(H,16,18)(H,17,20). The second-order valence-electron chi connectivity index (χ2n) is 4.56. The lowest BCUT2D eigenvalue weighted by Gasteiger charge is -2.06. The maximum atomic E-state index is 11.9. The van der Waals surface area contributed by atoms with Crippen LogP contribution in [0.4, 0.5) is 0 Å². The highest BCUT2D eigenvalue weighted by molar-refractivity contribution is 5.81. The summed E-state index contributed by atoms with van der Waals surface area (Å²) >= 11 is 0. The number of rotatable bonds is 5. The molecule has 0 bridgehead atoms. The first-order chi connectivity index (χ1) is 10.1.